The molecule has 136 valence electrons. The van der Waals surface area contributed by atoms with E-state index in [4.69, 9.17) is 4.18 Å². The van der Waals surface area contributed by atoms with Gasteiger partial charge in [0.15, 0.2) is 0 Å². The van der Waals surface area contributed by atoms with Gasteiger partial charge >= 0.3 is 0 Å². The second-order valence-corrected chi connectivity index (χ2v) is 8.03. The van der Waals surface area contributed by atoms with Crippen molar-refractivity contribution in [1.29, 1.82) is 0 Å². The average molecular weight is 361 g/mol. The van der Waals surface area contributed by atoms with Gasteiger partial charge in [-0.2, -0.15) is 8.42 Å². The predicted octanol–water partition coefficient (Wildman–Crippen LogP) is 4.90. The summed E-state index contributed by atoms with van der Waals surface area (Å²) in [5, 5.41) is 0. The lowest BCUT2D eigenvalue weighted by Gasteiger charge is -2.07. The van der Waals surface area contributed by atoms with Gasteiger partial charge in [-0.25, -0.2) is 0 Å². The van der Waals surface area contributed by atoms with Crippen molar-refractivity contribution in [3.05, 3.63) is 71.3 Å². The molecule has 0 heterocycles. The molecule has 2 rings (SSSR count). The number of hydrogen-bond acceptors (Lipinski definition) is 3. The molecule has 0 radical (unpaired) electrons. The first-order valence-corrected chi connectivity index (χ1v) is 10.7. The topological polar surface area (TPSA) is 43.4 Å². The highest BCUT2D eigenvalue weighted by atomic mass is 32.2. The summed E-state index contributed by atoms with van der Waals surface area (Å²) in [6, 6.07) is 17.7. The molecule has 0 fully saturated rings. The fourth-order valence-corrected chi connectivity index (χ4v) is 3.86. The van der Waals surface area contributed by atoms with Crippen molar-refractivity contribution in [2.24, 2.45) is 0 Å². The molecule has 0 aliphatic heterocycles. The summed E-state index contributed by atoms with van der Waals surface area (Å²) in [6.07, 6.45) is 6.37. The molecule has 25 heavy (non-hydrogen) atoms. The summed E-state index contributed by atoms with van der Waals surface area (Å²) in [4.78, 5) is 0. The van der Waals surface area contributed by atoms with Crippen molar-refractivity contribution >= 4 is 10.1 Å². The highest BCUT2D eigenvalue weighted by molar-refractivity contribution is 7.85. The molecule has 4 heteroatoms. The molecule has 0 N–H and O–H groups in total. The van der Waals surface area contributed by atoms with Crippen LogP contribution < -0.4 is 0 Å². The standard InChI is InChI=1S/C21H28O3S/c1-2-3-5-10-19-13-8-14-20(17-19)15-9-16-24-25(22,23)18-21-11-6-4-7-12-21/h4,6-8,11-14,17H,2-3,5,9-10,15-16,18H2,1H3. The Kier molecular flexibility index (Phi) is 8.16. The molecule has 3 nitrogen and oxygen atoms in total. The Morgan fingerprint density at radius 3 is 2.12 bits per heavy atom. The highest BCUT2D eigenvalue weighted by Gasteiger charge is 2.12. The monoisotopic (exact) mass is 360 g/mol. The number of rotatable bonds is 11. The average Bonchev–Trinajstić information content (AvgIpc) is 2.60. The third-order valence-electron chi connectivity index (χ3n) is 4.12. The van der Waals surface area contributed by atoms with Gasteiger partial charge in [-0.3, -0.25) is 4.18 Å². The van der Waals surface area contributed by atoms with E-state index in [1.807, 2.05) is 18.2 Å². The molecule has 2 aromatic rings. The van der Waals surface area contributed by atoms with E-state index >= 15 is 0 Å². The smallest absolute Gasteiger partial charge is 0.270 e. The van der Waals surface area contributed by atoms with Crippen molar-refractivity contribution < 1.29 is 12.6 Å². The maximum atomic E-state index is 12.0. The molecule has 0 spiro atoms. The van der Waals surface area contributed by atoms with E-state index in [1.54, 1.807) is 12.1 Å². The Labute approximate surface area is 152 Å². The largest absolute Gasteiger partial charge is 0.271 e. The van der Waals surface area contributed by atoms with Crippen LogP contribution in [0.2, 0.25) is 0 Å². The minimum absolute atomic E-state index is 0.0687. The predicted molar refractivity (Wildman–Crippen MR) is 103 cm³/mol. The van der Waals surface area contributed by atoms with Crippen LogP contribution >= 0.6 is 0 Å². The molecule has 0 bridgehead atoms. The minimum atomic E-state index is -3.51. The van der Waals surface area contributed by atoms with Crippen LogP contribution in [0.1, 0.15) is 49.3 Å². The molecule has 0 unspecified atom stereocenters. The molecule has 0 aliphatic rings. The van der Waals surface area contributed by atoms with Crippen LogP contribution in [0, 0.1) is 0 Å². The van der Waals surface area contributed by atoms with Gasteiger partial charge in [-0.15, -0.1) is 0 Å². The van der Waals surface area contributed by atoms with Crippen molar-refractivity contribution in [1.82, 2.24) is 0 Å². The highest BCUT2D eigenvalue weighted by Crippen LogP contribution is 2.12. The first-order valence-electron chi connectivity index (χ1n) is 9.08. The number of aryl methyl sites for hydroxylation is 2. The zero-order chi connectivity index (χ0) is 18.0. The molecular weight excluding hydrogens is 332 g/mol. The Bertz CT molecular complexity index is 724. The fraction of sp³-hybridized carbons (Fsp3) is 0.429. The molecule has 0 aromatic heterocycles. The van der Waals surface area contributed by atoms with Gasteiger partial charge in [0.1, 0.15) is 5.75 Å². The lowest BCUT2D eigenvalue weighted by molar-refractivity contribution is 0.311. The van der Waals surface area contributed by atoms with E-state index < -0.39 is 10.1 Å². The maximum Gasteiger partial charge on any atom is 0.271 e. The van der Waals surface area contributed by atoms with E-state index in [0.717, 1.165) is 18.4 Å². The Balaban J connectivity index is 1.74. The first kappa shape index (κ1) is 19.7. The number of hydrogen-bond donors (Lipinski definition) is 0. The summed E-state index contributed by atoms with van der Waals surface area (Å²) in [5.41, 5.74) is 3.36. The molecular formula is C21H28O3S. The second-order valence-electron chi connectivity index (χ2n) is 6.39. The summed E-state index contributed by atoms with van der Waals surface area (Å²) in [6.45, 7) is 2.44. The van der Waals surface area contributed by atoms with Crippen LogP contribution in [-0.4, -0.2) is 15.0 Å². The molecule has 2 aromatic carbocycles. The second kappa shape index (κ2) is 10.4. The van der Waals surface area contributed by atoms with E-state index in [0.29, 0.717) is 6.42 Å². The zero-order valence-electron chi connectivity index (χ0n) is 15.0. The first-order chi connectivity index (χ1) is 12.1. The van der Waals surface area contributed by atoms with Crippen molar-refractivity contribution in [3.8, 4) is 0 Å². The van der Waals surface area contributed by atoms with Crippen molar-refractivity contribution in [2.45, 2.75) is 51.2 Å². The fourth-order valence-electron chi connectivity index (χ4n) is 2.80. The molecule has 0 atom stereocenters. The summed E-state index contributed by atoms with van der Waals surface area (Å²) < 4.78 is 29.1. The summed E-state index contributed by atoms with van der Waals surface area (Å²) in [5.74, 6) is -0.0687. The van der Waals surface area contributed by atoms with Crippen LogP contribution in [0.5, 0.6) is 0 Å². The SMILES string of the molecule is CCCCCc1cccc(CCCOS(=O)(=O)Cc2ccccc2)c1. The number of benzene rings is 2. The van der Waals surface area contributed by atoms with Crippen LogP contribution in [0.15, 0.2) is 54.6 Å². The van der Waals surface area contributed by atoms with Crippen molar-refractivity contribution in [2.75, 3.05) is 6.61 Å². The molecule has 0 aliphatic carbocycles. The quantitative estimate of drug-likeness (QED) is 0.423. The maximum absolute atomic E-state index is 12.0. The van der Waals surface area contributed by atoms with E-state index in [-0.39, 0.29) is 12.4 Å². The molecule has 0 amide bonds. The number of unbranched alkanes of at least 4 members (excludes halogenated alkanes) is 2. The Morgan fingerprint density at radius 2 is 1.44 bits per heavy atom. The van der Waals surface area contributed by atoms with E-state index in [2.05, 4.69) is 31.2 Å². The van der Waals surface area contributed by atoms with Gasteiger partial charge in [0.05, 0.1) is 6.61 Å². The van der Waals surface area contributed by atoms with Gasteiger partial charge in [-0.05, 0) is 42.4 Å². The summed E-state index contributed by atoms with van der Waals surface area (Å²) in [7, 11) is -3.51. The van der Waals surface area contributed by atoms with Gasteiger partial charge in [0.2, 0.25) is 0 Å². The van der Waals surface area contributed by atoms with Gasteiger partial charge < -0.3 is 0 Å². The van der Waals surface area contributed by atoms with Crippen LogP contribution in [0.25, 0.3) is 0 Å². The van der Waals surface area contributed by atoms with E-state index in [9.17, 15) is 8.42 Å². The third kappa shape index (κ3) is 7.84. The molecule has 0 saturated heterocycles. The van der Waals surface area contributed by atoms with Crippen LogP contribution in [-0.2, 0) is 32.9 Å². The Hall–Kier alpha value is -1.65. The van der Waals surface area contributed by atoms with Gasteiger partial charge in [-0.1, -0.05) is 74.4 Å². The summed E-state index contributed by atoms with van der Waals surface area (Å²) >= 11 is 0. The minimum Gasteiger partial charge on any atom is -0.270 e. The Morgan fingerprint density at radius 1 is 0.800 bits per heavy atom. The normalized spacial score (nSPS) is 11.6. The van der Waals surface area contributed by atoms with Crippen LogP contribution in [0.4, 0.5) is 0 Å². The van der Waals surface area contributed by atoms with Gasteiger partial charge in [0.25, 0.3) is 10.1 Å². The lowest BCUT2D eigenvalue weighted by Crippen LogP contribution is -2.10. The third-order valence-corrected chi connectivity index (χ3v) is 5.33. The zero-order valence-corrected chi connectivity index (χ0v) is 15.8. The van der Waals surface area contributed by atoms with Crippen molar-refractivity contribution in [3.63, 3.8) is 0 Å². The van der Waals surface area contributed by atoms with Crippen LogP contribution in [0.3, 0.4) is 0 Å². The molecule has 0 saturated carbocycles. The lowest BCUT2D eigenvalue weighted by atomic mass is 10.0. The van der Waals surface area contributed by atoms with E-state index in [1.165, 1.54) is 30.4 Å². The van der Waals surface area contributed by atoms with Gasteiger partial charge in [0, 0.05) is 0 Å².